The Hall–Kier alpha value is -1.17. The van der Waals surface area contributed by atoms with Gasteiger partial charge in [0.15, 0.2) is 0 Å². The van der Waals surface area contributed by atoms with Crippen LogP contribution in [0.25, 0.3) is 0 Å². The van der Waals surface area contributed by atoms with E-state index < -0.39 is 0 Å². The van der Waals surface area contributed by atoms with Crippen LogP contribution in [0.1, 0.15) is 25.5 Å². The first-order chi connectivity index (χ1) is 9.74. The predicted molar refractivity (Wildman–Crippen MR) is 79.1 cm³/mol. The summed E-state index contributed by atoms with van der Waals surface area (Å²) in [6, 6.07) is 2.21. The third kappa shape index (κ3) is 3.91. The number of hydrogen-bond acceptors (Lipinski definition) is 5. The van der Waals surface area contributed by atoms with Gasteiger partial charge in [-0.05, 0) is 32.1 Å². The predicted octanol–water partition coefficient (Wildman–Crippen LogP) is 1.46. The summed E-state index contributed by atoms with van der Waals surface area (Å²) in [7, 11) is 2.13. The molecule has 0 bridgehead atoms. The van der Waals surface area contributed by atoms with Crippen molar-refractivity contribution in [1.29, 1.82) is 0 Å². The van der Waals surface area contributed by atoms with Crippen molar-refractivity contribution in [2.24, 2.45) is 0 Å². The second-order valence-corrected chi connectivity index (χ2v) is 5.09. The highest BCUT2D eigenvalue weighted by atomic mass is 16.5. The van der Waals surface area contributed by atoms with Gasteiger partial charge in [0.2, 0.25) is 0 Å². The Morgan fingerprint density at radius 2 is 2.35 bits per heavy atom. The van der Waals surface area contributed by atoms with Crippen molar-refractivity contribution in [1.82, 2.24) is 15.2 Å². The molecule has 0 amide bonds. The lowest BCUT2D eigenvalue weighted by atomic mass is 10.0. The van der Waals surface area contributed by atoms with Crippen LogP contribution in [0.5, 0.6) is 5.75 Å². The molecular weight excluding hydrogens is 254 g/mol. The van der Waals surface area contributed by atoms with Crippen LogP contribution >= 0.6 is 0 Å². The molecule has 0 aliphatic carbocycles. The highest BCUT2D eigenvalue weighted by molar-refractivity contribution is 5.27. The molecule has 1 aliphatic heterocycles. The van der Waals surface area contributed by atoms with Crippen molar-refractivity contribution >= 4 is 0 Å². The number of nitrogens with zero attached hydrogens (tertiary/aromatic N) is 2. The summed E-state index contributed by atoms with van der Waals surface area (Å²) in [4.78, 5) is 6.59. The first-order valence-electron chi connectivity index (χ1n) is 7.35. The van der Waals surface area contributed by atoms with Crippen molar-refractivity contribution in [2.75, 3.05) is 39.9 Å². The molecule has 2 atom stereocenters. The zero-order valence-corrected chi connectivity index (χ0v) is 12.6. The molecule has 2 unspecified atom stereocenters. The molecule has 20 heavy (non-hydrogen) atoms. The molecule has 0 radical (unpaired) electrons. The Morgan fingerprint density at radius 3 is 3.05 bits per heavy atom. The van der Waals surface area contributed by atoms with Gasteiger partial charge < -0.3 is 19.7 Å². The fourth-order valence-corrected chi connectivity index (χ4v) is 2.55. The second-order valence-electron chi connectivity index (χ2n) is 5.09. The zero-order valence-electron chi connectivity index (χ0n) is 12.6. The molecular formula is C15H25N3O2. The van der Waals surface area contributed by atoms with E-state index in [0.717, 1.165) is 37.6 Å². The average molecular weight is 279 g/mol. The van der Waals surface area contributed by atoms with Gasteiger partial charge in [-0.3, -0.25) is 4.98 Å². The summed E-state index contributed by atoms with van der Waals surface area (Å²) < 4.78 is 11.5. The maximum Gasteiger partial charge on any atom is 0.137 e. The van der Waals surface area contributed by atoms with Gasteiger partial charge in [-0.2, -0.15) is 0 Å². The first-order valence-corrected chi connectivity index (χ1v) is 7.35. The van der Waals surface area contributed by atoms with E-state index in [-0.39, 0.29) is 12.1 Å². The zero-order chi connectivity index (χ0) is 14.4. The van der Waals surface area contributed by atoms with Gasteiger partial charge in [0.05, 0.1) is 31.6 Å². The Kier molecular flexibility index (Phi) is 5.76. The summed E-state index contributed by atoms with van der Waals surface area (Å²) >= 11 is 0. The van der Waals surface area contributed by atoms with Crippen LogP contribution in [-0.4, -0.2) is 55.9 Å². The smallest absolute Gasteiger partial charge is 0.137 e. The Balaban J connectivity index is 2.16. The number of likely N-dealkylation sites (N-methyl/N-ethyl adjacent to an activating group) is 2. The third-order valence-corrected chi connectivity index (χ3v) is 3.50. The monoisotopic (exact) mass is 279 g/mol. The molecule has 2 rings (SSSR count). The van der Waals surface area contributed by atoms with E-state index in [9.17, 15) is 0 Å². The standard InChI is InChI=1S/C15H25N3O2/c1-4-17-15(14-11-18(3)6-7-20-14)12-8-13(19-5-2)10-16-9-12/h8-10,14-15,17H,4-7,11H2,1-3H3. The topological polar surface area (TPSA) is 46.6 Å². The van der Waals surface area contributed by atoms with Crippen LogP contribution in [0.4, 0.5) is 0 Å². The van der Waals surface area contributed by atoms with Crippen molar-refractivity contribution < 1.29 is 9.47 Å². The minimum atomic E-state index is 0.146. The van der Waals surface area contributed by atoms with Gasteiger partial charge in [0.1, 0.15) is 5.75 Å². The summed E-state index contributed by atoms with van der Waals surface area (Å²) in [6.07, 6.45) is 3.80. The van der Waals surface area contributed by atoms with Crippen molar-refractivity contribution in [2.45, 2.75) is 26.0 Å². The van der Waals surface area contributed by atoms with Gasteiger partial charge in [0.25, 0.3) is 0 Å². The normalized spacial score (nSPS) is 21.6. The molecule has 1 N–H and O–H groups in total. The Morgan fingerprint density at radius 1 is 1.50 bits per heavy atom. The Bertz CT molecular complexity index is 414. The Labute approximate surface area is 121 Å². The molecule has 0 saturated carbocycles. The molecule has 1 fully saturated rings. The van der Waals surface area contributed by atoms with E-state index in [1.807, 2.05) is 13.1 Å². The van der Waals surface area contributed by atoms with Crippen molar-refractivity contribution in [3.63, 3.8) is 0 Å². The molecule has 112 valence electrons. The quantitative estimate of drug-likeness (QED) is 0.854. The van der Waals surface area contributed by atoms with E-state index in [4.69, 9.17) is 9.47 Å². The highest BCUT2D eigenvalue weighted by Crippen LogP contribution is 2.24. The van der Waals surface area contributed by atoms with Crippen LogP contribution in [0.15, 0.2) is 18.5 Å². The number of hydrogen-bond donors (Lipinski definition) is 1. The number of ether oxygens (including phenoxy) is 2. The molecule has 1 aromatic rings. The van der Waals surface area contributed by atoms with Crippen LogP contribution < -0.4 is 10.1 Å². The summed E-state index contributed by atoms with van der Waals surface area (Å²) in [5, 5.41) is 3.51. The van der Waals surface area contributed by atoms with E-state index in [1.54, 1.807) is 6.20 Å². The first kappa shape index (κ1) is 15.2. The van der Waals surface area contributed by atoms with E-state index in [1.165, 1.54) is 0 Å². The highest BCUT2D eigenvalue weighted by Gasteiger charge is 2.27. The van der Waals surface area contributed by atoms with Crippen molar-refractivity contribution in [3.8, 4) is 5.75 Å². The summed E-state index contributed by atoms with van der Waals surface area (Å²) in [5.41, 5.74) is 1.12. The van der Waals surface area contributed by atoms with Gasteiger partial charge >= 0.3 is 0 Å². The van der Waals surface area contributed by atoms with Crippen LogP contribution in [-0.2, 0) is 4.74 Å². The maximum atomic E-state index is 5.94. The number of rotatable bonds is 6. The largest absolute Gasteiger partial charge is 0.492 e. The molecule has 2 heterocycles. The number of nitrogens with one attached hydrogen (secondary N) is 1. The number of morpholine rings is 1. The van der Waals surface area contributed by atoms with E-state index >= 15 is 0 Å². The van der Waals surface area contributed by atoms with Crippen LogP contribution in [0, 0.1) is 0 Å². The van der Waals surface area contributed by atoms with Crippen LogP contribution in [0.2, 0.25) is 0 Å². The minimum Gasteiger partial charge on any atom is -0.492 e. The van der Waals surface area contributed by atoms with Crippen LogP contribution in [0.3, 0.4) is 0 Å². The molecule has 5 nitrogen and oxygen atoms in total. The second kappa shape index (κ2) is 7.57. The lowest BCUT2D eigenvalue weighted by Crippen LogP contribution is -2.46. The van der Waals surface area contributed by atoms with Crippen molar-refractivity contribution in [3.05, 3.63) is 24.0 Å². The molecule has 1 aliphatic rings. The number of aromatic nitrogens is 1. The van der Waals surface area contributed by atoms with E-state index in [2.05, 4.69) is 35.2 Å². The average Bonchev–Trinajstić information content (AvgIpc) is 2.45. The fraction of sp³-hybridized carbons (Fsp3) is 0.667. The van der Waals surface area contributed by atoms with E-state index in [0.29, 0.717) is 6.61 Å². The molecule has 0 aromatic carbocycles. The maximum absolute atomic E-state index is 5.94. The summed E-state index contributed by atoms with van der Waals surface area (Å²) in [6.45, 7) is 8.34. The third-order valence-electron chi connectivity index (χ3n) is 3.50. The van der Waals surface area contributed by atoms with Gasteiger partial charge in [-0.15, -0.1) is 0 Å². The molecule has 0 spiro atoms. The molecule has 1 aromatic heterocycles. The van der Waals surface area contributed by atoms with Gasteiger partial charge in [-0.1, -0.05) is 6.92 Å². The molecule has 1 saturated heterocycles. The summed E-state index contributed by atoms with van der Waals surface area (Å²) in [5.74, 6) is 0.817. The SMILES string of the molecule is CCNC(c1cncc(OCC)c1)C1CN(C)CCO1. The lowest BCUT2D eigenvalue weighted by molar-refractivity contribution is -0.0390. The fourth-order valence-electron chi connectivity index (χ4n) is 2.55. The van der Waals surface area contributed by atoms with Gasteiger partial charge in [0, 0.05) is 19.3 Å². The molecule has 5 heteroatoms. The minimum absolute atomic E-state index is 0.146. The lowest BCUT2D eigenvalue weighted by Gasteiger charge is -2.35. The number of pyridine rings is 1. The van der Waals surface area contributed by atoms with Gasteiger partial charge in [-0.25, -0.2) is 0 Å².